The van der Waals surface area contributed by atoms with Crippen LogP contribution in [0.15, 0.2) is 58.2 Å². The van der Waals surface area contributed by atoms with E-state index < -0.39 is 5.25 Å². The molecule has 6 nitrogen and oxygen atoms in total. The molecule has 130 valence electrons. The summed E-state index contributed by atoms with van der Waals surface area (Å²) < 4.78 is 5.63. The van der Waals surface area contributed by atoms with Gasteiger partial charge in [-0.15, -0.1) is 10.2 Å². The Hall–Kier alpha value is -3.11. The summed E-state index contributed by atoms with van der Waals surface area (Å²) in [6.45, 7) is 3.76. The molecule has 0 spiro atoms. The van der Waals surface area contributed by atoms with Crippen molar-refractivity contribution in [3.63, 3.8) is 0 Å². The molecule has 0 bridgehead atoms. The Kier molecular flexibility index (Phi) is 5.34. The number of nitriles is 1. The summed E-state index contributed by atoms with van der Waals surface area (Å²) in [5, 5.41) is 19.6. The molecule has 0 radical (unpaired) electrons. The molecule has 26 heavy (non-hydrogen) atoms. The molecule has 0 saturated heterocycles. The van der Waals surface area contributed by atoms with E-state index in [1.165, 1.54) is 11.8 Å². The Labute approximate surface area is 155 Å². The molecule has 1 heterocycles. The minimum Gasteiger partial charge on any atom is -0.411 e. The van der Waals surface area contributed by atoms with E-state index in [1.807, 2.05) is 37.3 Å². The van der Waals surface area contributed by atoms with E-state index in [1.54, 1.807) is 31.2 Å². The number of nitrogens with one attached hydrogen (secondary N) is 1. The number of carbonyl (C=O) groups is 1. The second-order valence-electron chi connectivity index (χ2n) is 5.68. The first-order valence-corrected chi connectivity index (χ1v) is 8.81. The Morgan fingerprint density at radius 3 is 2.73 bits per heavy atom. The van der Waals surface area contributed by atoms with Crippen LogP contribution in [-0.4, -0.2) is 21.4 Å². The van der Waals surface area contributed by atoms with E-state index in [9.17, 15) is 4.79 Å². The van der Waals surface area contributed by atoms with Crippen LogP contribution < -0.4 is 5.32 Å². The highest BCUT2D eigenvalue weighted by molar-refractivity contribution is 8.00. The number of benzene rings is 2. The van der Waals surface area contributed by atoms with Gasteiger partial charge in [-0.2, -0.15) is 5.26 Å². The van der Waals surface area contributed by atoms with Crippen LogP contribution in [0, 0.1) is 18.3 Å². The van der Waals surface area contributed by atoms with Crippen LogP contribution in [0.2, 0.25) is 0 Å². The van der Waals surface area contributed by atoms with Crippen molar-refractivity contribution in [1.29, 1.82) is 5.26 Å². The Morgan fingerprint density at radius 1 is 1.23 bits per heavy atom. The molecule has 1 aromatic heterocycles. The minimum atomic E-state index is -0.438. The van der Waals surface area contributed by atoms with Gasteiger partial charge in [0.25, 0.3) is 5.22 Å². The summed E-state index contributed by atoms with van der Waals surface area (Å²) in [5.41, 5.74) is 3.05. The molecule has 3 aromatic rings. The largest absolute Gasteiger partial charge is 0.411 e. The first kappa shape index (κ1) is 17.7. The Morgan fingerprint density at radius 2 is 2.00 bits per heavy atom. The maximum atomic E-state index is 12.3. The van der Waals surface area contributed by atoms with Crippen molar-refractivity contribution >= 4 is 23.4 Å². The predicted molar refractivity (Wildman–Crippen MR) is 99.6 cm³/mol. The average molecular weight is 364 g/mol. The van der Waals surface area contributed by atoms with Gasteiger partial charge < -0.3 is 9.73 Å². The second kappa shape index (κ2) is 7.85. The van der Waals surface area contributed by atoms with Crippen LogP contribution in [0.5, 0.6) is 0 Å². The third-order valence-corrected chi connectivity index (χ3v) is 4.55. The molecule has 2 aromatic carbocycles. The number of anilines is 1. The van der Waals surface area contributed by atoms with Crippen LogP contribution >= 0.6 is 11.8 Å². The molecule has 1 amide bonds. The van der Waals surface area contributed by atoms with Crippen molar-refractivity contribution in [3.05, 3.63) is 59.7 Å². The highest BCUT2D eigenvalue weighted by Gasteiger charge is 2.19. The third-order valence-electron chi connectivity index (χ3n) is 3.61. The number of thioether (sulfide) groups is 1. The lowest BCUT2D eigenvalue weighted by Gasteiger charge is -2.09. The van der Waals surface area contributed by atoms with E-state index >= 15 is 0 Å². The highest BCUT2D eigenvalue weighted by atomic mass is 32.2. The van der Waals surface area contributed by atoms with Gasteiger partial charge in [-0.3, -0.25) is 4.79 Å². The van der Waals surface area contributed by atoms with E-state index in [0.717, 1.165) is 11.1 Å². The number of amides is 1. The summed E-state index contributed by atoms with van der Waals surface area (Å²) in [4.78, 5) is 12.3. The normalized spacial score (nSPS) is 11.6. The number of hydrogen-bond acceptors (Lipinski definition) is 6. The lowest BCUT2D eigenvalue weighted by molar-refractivity contribution is -0.115. The maximum Gasteiger partial charge on any atom is 0.277 e. The predicted octanol–water partition coefficient (Wildman–Crippen LogP) is 4.04. The number of aromatic nitrogens is 2. The molecular weight excluding hydrogens is 348 g/mol. The third kappa shape index (κ3) is 4.29. The van der Waals surface area contributed by atoms with E-state index in [-0.39, 0.29) is 5.91 Å². The molecule has 0 saturated carbocycles. The lowest BCUT2D eigenvalue weighted by Crippen LogP contribution is -2.22. The molecule has 1 atom stereocenters. The summed E-state index contributed by atoms with van der Waals surface area (Å²) in [5.74, 6) is 0.210. The fourth-order valence-electron chi connectivity index (χ4n) is 2.19. The molecule has 0 aliphatic rings. The zero-order valence-electron chi connectivity index (χ0n) is 14.3. The number of aryl methyl sites for hydroxylation is 1. The maximum absolute atomic E-state index is 12.3. The van der Waals surface area contributed by atoms with Crippen LogP contribution in [0.4, 0.5) is 5.69 Å². The summed E-state index contributed by atoms with van der Waals surface area (Å²) in [6, 6.07) is 16.6. The Balaban J connectivity index is 1.64. The van der Waals surface area contributed by atoms with Crippen molar-refractivity contribution in [3.8, 4) is 17.5 Å². The van der Waals surface area contributed by atoms with Crippen LogP contribution in [0.1, 0.15) is 18.1 Å². The van der Waals surface area contributed by atoms with Gasteiger partial charge in [-0.1, -0.05) is 35.5 Å². The van der Waals surface area contributed by atoms with Crippen LogP contribution in [0.3, 0.4) is 0 Å². The average Bonchev–Trinajstić information content (AvgIpc) is 3.11. The molecule has 1 unspecified atom stereocenters. The lowest BCUT2D eigenvalue weighted by atomic mass is 10.1. The number of carbonyl (C=O) groups excluding carboxylic acids is 1. The topological polar surface area (TPSA) is 91.8 Å². The van der Waals surface area contributed by atoms with Gasteiger partial charge >= 0.3 is 0 Å². The minimum absolute atomic E-state index is 0.208. The first-order valence-electron chi connectivity index (χ1n) is 7.93. The summed E-state index contributed by atoms with van der Waals surface area (Å²) >= 11 is 1.18. The molecule has 0 aliphatic heterocycles. The number of hydrogen-bond donors (Lipinski definition) is 1. The fourth-order valence-corrected chi connectivity index (χ4v) is 2.87. The highest BCUT2D eigenvalue weighted by Crippen LogP contribution is 2.27. The SMILES string of the molecule is Cc1ccc(-c2nnc(SC(C)C(=O)Nc3cccc(C#N)c3)o2)cc1. The van der Waals surface area contributed by atoms with Gasteiger partial charge in [-0.05, 0) is 44.2 Å². The molecular formula is C19H16N4O2S. The molecule has 1 N–H and O–H groups in total. The van der Waals surface area contributed by atoms with E-state index in [2.05, 4.69) is 15.5 Å². The molecule has 0 fully saturated rings. The smallest absolute Gasteiger partial charge is 0.277 e. The van der Waals surface area contributed by atoms with Gasteiger partial charge in [0.15, 0.2) is 0 Å². The van der Waals surface area contributed by atoms with Crippen molar-refractivity contribution < 1.29 is 9.21 Å². The molecule has 7 heteroatoms. The molecule has 3 rings (SSSR count). The van der Waals surface area contributed by atoms with Crippen molar-refractivity contribution in [2.24, 2.45) is 0 Å². The standard InChI is InChI=1S/C19H16N4O2S/c1-12-6-8-15(9-7-12)18-22-23-19(25-18)26-13(2)17(24)21-16-5-3-4-14(10-16)11-20/h3-10,13H,1-2H3,(H,21,24). The first-order chi connectivity index (χ1) is 12.5. The summed E-state index contributed by atoms with van der Waals surface area (Å²) in [7, 11) is 0. The van der Waals surface area contributed by atoms with Crippen LogP contribution in [0.25, 0.3) is 11.5 Å². The second-order valence-corrected chi connectivity index (χ2v) is 6.97. The van der Waals surface area contributed by atoms with Gasteiger partial charge in [0.1, 0.15) is 0 Å². The monoisotopic (exact) mass is 364 g/mol. The van der Waals surface area contributed by atoms with E-state index in [0.29, 0.717) is 22.4 Å². The Bertz CT molecular complexity index is 960. The van der Waals surface area contributed by atoms with Crippen molar-refractivity contribution in [1.82, 2.24) is 10.2 Å². The zero-order valence-corrected chi connectivity index (χ0v) is 15.1. The van der Waals surface area contributed by atoms with Gasteiger partial charge in [0, 0.05) is 11.3 Å². The quantitative estimate of drug-likeness (QED) is 0.687. The van der Waals surface area contributed by atoms with Crippen LogP contribution in [-0.2, 0) is 4.79 Å². The van der Waals surface area contributed by atoms with Gasteiger partial charge in [0.05, 0.1) is 16.9 Å². The van der Waals surface area contributed by atoms with Crippen molar-refractivity contribution in [2.75, 3.05) is 5.32 Å². The molecule has 0 aliphatic carbocycles. The summed E-state index contributed by atoms with van der Waals surface area (Å²) in [6.07, 6.45) is 0. The number of rotatable bonds is 5. The fraction of sp³-hybridized carbons (Fsp3) is 0.158. The van der Waals surface area contributed by atoms with E-state index in [4.69, 9.17) is 9.68 Å². The zero-order chi connectivity index (χ0) is 18.5. The van der Waals surface area contributed by atoms with Gasteiger partial charge in [-0.25, -0.2) is 0 Å². The van der Waals surface area contributed by atoms with Gasteiger partial charge in [0.2, 0.25) is 11.8 Å². The number of nitrogens with zero attached hydrogens (tertiary/aromatic N) is 3. The van der Waals surface area contributed by atoms with Crippen molar-refractivity contribution in [2.45, 2.75) is 24.3 Å².